The van der Waals surface area contributed by atoms with Crippen molar-refractivity contribution in [3.05, 3.63) is 35.9 Å². The van der Waals surface area contributed by atoms with Gasteiger partial charge < -0.3 is 75.1 Å². The lowest BCUT2D eigenvalue weighted by molar-refractivity contribution is -0.333. The van der Waals surface area contributed by atoms with Crippen LogP contribution in [0.3, 0.4) is 0 Å². The van der Waals surface area contributed by atoms with E-state index in [0.29, 0.717) is 0 Å². The van der Waals surface area contributed by atoms with Gasteiger partial charge in [-0.25, -0.2) is 0 Å². The summed E-state index contributed by atoms with van der Waals surface area (Å²) in [5.41, 5.74) is 0.0511. The molecule has 0 amide bonds. The largest absolute Gasteiger partial charge is 0.394 e. The molecule has 2 saturated heterocycles. The minimum atomic E-state index is -2.13. The Labute approximate surface area is 227 Å². The predicted molar refractivity (Wildman–Crippen MR) is 127 cm³/mol. The zero-order chi connectivity index (χ0) is 29.7. The molecular formula is C24H36O16. The first-order valence-electron chi connectivity index (χ1n) is 12.4. The van der Waals surface area contributed by atoms with Gasteiger partial charge in [-0.1, -0.05) is 30.3 Å². The third kappa shape index (κ3) is 7.37. The highest BCUT2D eigenvalue weighted by atomic mass is 16.7. The third-order valence-corrected chi connectivity index (χ3v) is 6.77. The van der Waals surface area contributed by atoms with Crippen molar-refractivity contribution in [2.45, 2.75) is 85.8 Å². The van der Waals surface area contributed by atoms with Crippen LogP contribution in [-0.2, 0) is 18.9 Å². The molecule has 11 N–H and O–H groups in total. The lowest BCUT2D eigenvalue weighted by Gasteiger charge is -2.42. The number of rotatable bonds is 12. The first-order chi connectivity index (χ1) is 18.9. The molecule has 2 aliphatic rings. The van der Waals surface area contributed by atoms with Crippen molar-refractivity contribution in [3.63, 3.8) is 0 Å². The van der Waals surface area contributed by atoms with Crippen LogP contribution in [0.15, 0.2) is 30.3 Å². The molecule has 2 fully saturated rings. The molecule has 2 heterocycles. The zero-order valence-electron chi connectivity index (χ0n) is 21.1. The van der Waals surface area contributed by atoms with Gasteiger partial charge in [0.05, 0.1) is 19.8 Å². The van der Waals surface area contributed by atoms with E-state index in [1.165, 1.54) is 24.3 Å². The summed E-state index contributed by atoms with van der Waals surface area (Å²) in [7, 11) is 0. The van der Waals surface area contributed by atoms with Crippen LogP contribution >= 0.6 is 0 Å². The topological polar surface area (TPSA) is 277 Å². The van der Waals surface area contributed by atoms with Crippen molar-refractivity contribution in [1.82, 2.24) is 0 Å². The van der Waals surface area contributed by atoms with Gasteiger partial charge in [-0.05, 0) is 0 Å². The van der Waals surface area contributed by atoms with E-state index in [4.69, 9.17) is 18.9 Å². The number of aliphatic hydroxyl groups is 11. The van der Waals surface area contributed by atoms with Gasteiger partial charge in [0.2, 0.25) is 0 Å². The van der Waals surface area contributed by atoms with Crippen molar-refractivity contribution in [1.29, 1.82) is 0 Å². The monoisotopic (exact) mass is 580 g/mol. The van der Waals surface area contributed by atoms with Gasteiger partial charge in [-0.2, -0.15) is 0 Å². The van der Waals surface area contributed by atoms with E-state index < -0.39 is 111 Å². The smallest absolute Gasteiger partial charge is 0.194 e. The van der Waals surface area contributed by atoms with E-state index >= 15 is 0 Å². The number of Topliss-reactive ketones (excluding diaryl/α,β-unsaturated/α-hetero) is 1. The number of ketones is 1. The maximum atomic E-state index is 12.3. The average Bonchev–Trinajstić information content (AvgIpc) is 2.97. The summed E-state index contributed by atoms with van der Waals surface area (Å²) in [5.74, 6) is -0.911. The minimum absolute atomic E-state index is 0.0511. The molecule has 2 aliphatic heterocycles. The number of aliphatic hydroxyl groups excluding tert-OH is 11. The van der Waals surface area contributed by atoms with Crippen LogP contribution in [0.5, 0.6) is 0 Å². The predicted octanol–water partition coefficient (Wildman–Crippen LogP) is -6.05. The molecule has 0 aliphatic carbocycles. The molecule has 0 radical (unpaired) electrons. The molecule has 16 nitrogen and oxygen atoms in total. The maximum absolute atomic E-state index is 12.3. The Morgan fingerprint density at radius 1 is 0.725 bits per heavy atom. The number of hydrogen-bond acceptors (Lipinski definition) is 16. The molecule has 40 heavy (non-hydrogen) atoms. The number of carbonyl (C=O) groups excluding carboxylic acids is 1. The Kier molecular flexibility index (Phi) is 11.9. The number of hydrogen-bond donors (Lipinski definition) is 11. The molecule has 0 bridgehead atoms. The van der Waals surface area contributed by atoms with Gasteiger partial charge in [-0.3, -0.25) is 4.79 Å². The van der Waals surface area contributed by atoms with Crippen molar-refractivity contribution in [2.75, 3.05) is 19.8 Å². The highest BCUT2D eigenvalue weighted by molar-refractivity contribution is 5.99. The Morgan fingerprint density at radius 3 is 1.82 bits per heavy atom. The van der Waals surface area contributed by atoms with E-state index in [-0.39, 0.29) is 5.56 Å². The molecule has 1 aromatic carbocycles. The van der Waals surface area contributed by atoms with Crippen LogP contribution in [0.25, 0.3) is 0 Å². The standard InChI is InChI=1S/C24H36O16/c25-6-11-15(29)19(33)21(35)24(39-11)38-8-12-16(30)20(34)22(36)23(40-12)37-7-10(26)14(28)18(32)17(31)13(27)9-4-2-1-3-5-9/h1-5,10-12,14-26,28-36H,6-8H2/t10-,11-,12-,14-,15-,16-,17+,18+,19+,20+,21-,22-,23+,24+/m1/s1. The highest BCUT2D eigenvalue weighted by Crippen LogP contribution is 2.26. The van der Waals surface area contributed by atoms with E-state index in [0.717, 1.165) is 0 Å². The molecule has 0 unspecified atom stereocenters. The van der Waals surface area contributed by atoms with Gasteiger partial charge >= 0.3 is 0 Å². The van der Waals surface area contributed by atoms with Gasteiger partial charge in [0.25, 0.3) is 0 Å². The summed E-state index contributed by atoms with van der Waals surface area (Å²) in [5, 5.41) is 111. The Balaban J connectivity index is 1.55. The molecule has 1 aromatic rings. The third-order valence-electron chi connectivity index (χ3n) is 6.77. The summed E-state index contributed by atoms with van der Waals surface area (Å²) in [6, 6.07) is 7.43. The van der Waals surface area contributed by atoms with Gasteiger partial charge in [0.1, 0.15) is 73.2 Å². The van der Waals surface area contributed by atoms with E-state index in [1.54, 1.807) is 6.07 Å². The zero-order valence-corrected chi connectivity index (χ0v) is 21.1. The molecule has 16 heteroatoms. The highest BCUT2D eigenvalue weighted by Gasteiger charge is 2.48. The average molecular weight is 581 g/mol. The van der Waals surface area contributed by atoms with Crippen molar-refractivity contribution < 1.29 is 79.9 Å². The fourth-order valence-electron chi connectivity index (χ4n) is 4.22. The van der Waals surface area contributed by atoms with Crippen LogP contribution in [0, 0.1) is 0 Å². The summed E-state index contributed by atoms with van der Waals surface area (Å²) >= 11 is 0. The lowest BCUT2D eigenvalue weighted by Crippen LogP contribution is -2.62. The fraction of sp³-hybridized carbons (Fsp3) is 0.708. The number of benzene rings is 1. The van der Waals surface area contributed by atoms with Crippen LogP contribution in [-0.4, -0.2) is 168 Å². The summed E-state index contributed by atoms with van der Waals surface area (Å²) < 4.78 is 21.1. The van der Waals surface area contributed by atoms with E-state index in [1.807, 2.05) is 0 Å². The lowest BCUT2D eigenvalue weighted by atomic mass is 9.96. The van der Waals surface area contributed by atoms with Crippen molar-refractivity contribution >= 4 is 5.78 Å². The van der Waals surface area contributed by atoms with Crippen LogP contribution in [0.1, 0.15) is 10.4 Å². The summed E-state index contributed by atoms with van der Waals surface area (Å²) in [4.78, 5) is 12.3. The molecule has 0 aromatic heterocycles. The quantitative estimate of drug-likeness (QED) is 0.103. The van der Waals surface area contributed by atoms with Gasteiger partial charge in [-0.15, -0.1) is 0 Å². The Morgan fingerprint density at radius 2 is 1.25 bits per heavy atom. The Hall–Kier alpha value is -1.71. The van der Waals surface area contributed by atoms with Crippen LogP contribution in [0.2, 0.25) is 0 Å². The molecular weight excluding hydrogens is 544 g/mol. The van der Waals surface area contributed by atoms with Gasteiger partial charge in [0, 0.05) is 5.56 Å². The molecule has 0 spiro atoms. The minimum Gasteiger partial charge on any atom is -0.394 e. The maximum Gasteiger partial charge on any atom is 0.194 e. The van der Waals surface area contributed by atoms with Crippen molar-refractivity contribution in [2.24, 2.45) is 0 Å². The van der Waals surface area contributed by atoms with Crippen LogP contribution in [0.4, 0.5) is 0 Å². The Bertz CT molecular complexity index is 919. The number of carbonyl (C=O) groups is 1. The first-order valence-corrected chi connectivity index (χ1v) is 12.4. The second-order valence-corrected chi connectivity index (χ2v) is 9.60. The second-order valence-electron chi connectivity index (χ2n) is 9.60. The van der Waals surface area contributed by atoms with E-state index in [2.05, 4.69) is 0 Å². The van der Waals surface area contributed by atoms with Gasteiger partial charge in [0.15, 0.2) is 18.4 Å². The number of ether oxygens (including phenoxy) is 4. The SMILES string of the molecule is O=C(c1ccccc1)[C@H](O)[C@@H](O)[C@H](O)[C@H](O)CO[C@H]1O[C@H](CO[C@H]2O[C@H](CO)[C@@H](O)[C@H](O)[C@H]2O)[C@@H](O)[C@H](O)[C@H]1O. The van der Waals surface area contributed by atoms with Crippen molar-refractivity contribution in [3.8, 4) is 0 Å². The van der Waals surface area contributed by atoms with E-state index in [9.17, 15) is 61.0 Å². The summed E-state index contributed by atoms with van der Waals surface area (Å²) in [6.45, 7) is -2.17. The molecule has 3 rings (SSSR count). The molecule has 0 saturated carbocycles. The summed E-state index contributed by atoms with van der Waals surface area (Å²) in [6.07, 6.45) is -24.9. The first kappa shape index (κ1) is 32.8. The normalized spacial score (nSPS) is 37.9. The second kappa shape index (κ2) is 14.5. The molecule has 14 atom stereocenters. The molecule has 228 valence electrons. The van der Waals surface area contributed by atoms with Crippen LogP contribution < -0.4 is 0 Å². The fourth-order valence-corrected chi connectivity index (χ4v) is 4.22.